The number of carbonyl (C=O) groups excluding carboxylic acids is 1. The number of amides is 1. The van der Waals surface area contributed by atoms with Gasteiger partial charge in [-0.1, -0.05) is 22.9 Å². The van der Waals surface area contributed by atoms with Crippen LogP contribution in [-0.2, 0) is 0 Å². The smallest absolute Gasteiger partial charge is 0.257 e. The quantitative estimate of drug-likeness (QED) is 0.927. The molecule has 0 atom stereocenters. The van der Waals surface area contributed by atoms with Crippen molar-refractivity contribution in [3.8, 4) is 5.75 Å². The molecule has 1 aromatic carbocycles. The number of nitrogens with zero attached hydrogens (tertiary/aromatic N) is 2. The molecule has 1 aliphatic heterocycles. The molecule has 1 heterocycles. The number of halogens is 1. The Bertz CT molecular complexity index is 457. The van der Waals surface area contributed by atoms with Crippen LogP contribution < -0.4 is 0 Å². The average molecular weight is 327 g/mol. The van der Waals surface area contributed by atoms with E-state index >= 15 is 0 Å². The summed E-state index contributed by atoms with van der Waals surface area (Å²) in [4.78, 5) is 16.5. The molecular formula is C14H19BrN2O2. The van der Waals surface area contributed by atoms with Gasteiger partial charge >= 0.3 is 0 Å². The van der Waals surface area contributed by atoms with E-state index in [2.05, 4.69) is 27.8 Å². The standard InChI is InChI=1S/C14H19BrN2O2/c1-2-5-16-6-8-17(9-7-16)14(19)12-10-11(15)3-4-13(12)18/h3-4,10,18H,2,5-9H2,1H3. The Hall–Kier alpha value is -1.07. The molecule has 1 aliphatic rings. The minimum Gasteiger partial charge on any atom is -0.507 e. The molecule has 0 unspecified atom stereocenters. The first kappa shape index (κ1) is 14.3. The summed E-state index contributed by atoms with van der Waals surface area (Å²) in [6.45, 7) is 6.53. The zero-order chi connectivity index (χ0) is 13.8. The first-order chi connectivity index (χ1) is 9.11. The minimum atomic E-state index is -0.0880. The highest BCUT2D eigenvalue weighted by atomic mass is 79.9. The van der Waals surface area contributed by atoms with Crippen LogP contribution in [0.15, 0.2) is 22.7 Å². The minimum absolute atomic E-state index is 0.0455. The number of piperazine rings is 1. The molecule has 19 heavy (non-hydrogen) atoms. The lowest BCUT2D eigenvalue weighted by atomic mass is 10.1. The van der Waals surface area contributed by atoms with Crippen molar-refractivity contribution in [3.63, 3.8) is 0 Å². The van der Waals surface area contributed by atoms with Gasteiger partial charge in [0.1, 0.15) is 5.75 Å². The van der Waals surface area contributed by atoms with Crippen molar-refractivity contribution in [1.82, 2.24) is 9.80 Å². The fourth-order valence-electron chi connectivity index (χ4n) is 2.34. The summed E-state index contributed by atoms with van der Waals surface area (Å²) in [5.41, 5.74) is 0.373. The van der Waals surface area contributed by atoms with Crippen molar-refractivity contribution in [1.29, 1.82) is 0 Å². The molecule has 1 fully saturated rings. The van der Waals surface area contributed by atoms with E-state index in [0.29, 0.717) is 5.56 Å². The van der Waals surface area contributed by atoms with Gasteiger partial charge in [0.25, 0.3) is 5.91 Å². The largest absolute Gasteiger partial charge is 0.507 e. The maximum atomic E-state index is 12.4. The number of hydrogen-bond donors (Lipinski definition) is 1. The summed E-state index contributed by atoms with van der Waals surface area (Å²) in [6.07, 6.45) is 1.14. The lowest BCUT2D eigenvalue weighted by molar-refractivity contribution is 0.0634. The van der Waals surface area contributed by atoms with Gasteiger partial charge in [-0.15, -0.1) is 0 Å². The Labute approximate surface area is 122 Å². The molecule has 0 aromatic heterocycles. The predicted octanol–water partition coefficient (Wildman–Crippen LogP) is 2.32. The van der Waals surface area contributed by atoms with E-state index in [9.17, 15) is 9.90 Å². The number of rotatable bonds is 3. The molecule has 5 heteroatoms. The third-order valence-electron chi connectivity index (χ3n) is 3.39. The molecule has 1 amide bonds. The highest BCUT2D eigenvalue weighted by Gasteiger charge is 2.23. The zero-order valence-electron chi connectivity index (χ0n) is 11.1. The summed E-state index contributed by atoms with van der Waals surface area (Å²) in [5, 5.41) is 9.79. The number of carbonyl (C=O) groups is 1. The molecule has 0 saturated carbocycles. The van der Waals surface area contributed by atoms with Crippen molar-refractivity contribution in [3.05, 3.63) is 28.2 Å². The van der Waals surface area contributed by atoms with E-state index in [1.165, 1.54) is 0 Å². The van der Waals surface area contributed by atoms with Gasteiger partial charge in [0, 0.05) is 30.7 Å². The number of phenolic OH excluding ortho intramolecular Hbond substituents is 1. The van der Waals surface area contributed by atoms with E-state index in [-0.39, 0.29) is 11.7 Å². The Morgan fingerprint density at radius 2 is 2.00 bits per heavy atom. The molecule has 0 radical (unpaired) electrons. The van der Waals surface area contributed by atoms with Gasteiger partial charge in [-0.25, -0.2) is 0 Å². The van der Waals surface area contributed by atoms with Crippen LogP contribution in [0.4, 0.5) is 0 Å². The predicted molar refractivity (Wildman–Crippen MR) is 78.4 cm³/mol. The Balaban J connectivity index is 2.03. The van der Waals surface area contributed by atoms with Gasteiger partial charge in [0.2, 0.25) is 0 Å². The molecule has 1 N–H and O–H groups in total. The van der Waals surface area contributed by atoms with Crippen LogP contribution in [0.5, 0.6) is 5.75 Å². The van der Waals surface area contributed by atoms with Crippen LogP contribution in [0.3, 0.4) is 0 Å². The third-order valence-corrected chi connectivity index (χ3v) is 3.88. The van der Waals surface area contributed by atoms with Crippen LogP contribution >= 0.6 is 15.9 Å². The Morgan fingerprint density at radius 1 is 1.32 bits per heavy atom. The van der Waals surface area contributed by atoms with Crippen LogP contribution in [0.2, 0.25) is 0 Å². The fourth-order valence-corrected chi connectivity index (χ4v) is 2.70. The maximum Gasteiger partial charge on any atom is 0.257 e. The third kappa shape index (κ3) is 3.48. The molecule has 1 aromatic rings. The van der Waals surface area contributed by atoms with Crippen molar-refractivity contribution in [2.75, 3.05) is 32.7 Å². The maximum absolute atomic E-state index is 12.4. The summed E-state index contributed by atoms with van der Waals surface area (Å²) in [7, 11) is 0. The molecule has 0 aliphatic carbocycles. The second kappa shape index (κ2) is 6.39. The highest BCUT2D eigenvalue weighted by Crippen LogP contribution is 2.23. The summed E-state index contributed by atoms with van der Waals surface area (Å²) in [5.74, 6) is -0.0425. The molecular weight excluding hydrogens is 308 g/mol. The number of aromatic hydroxyl groups is 1. The van der Waals surface area contributed by atoms with E-state index in [0.717, 1.165) is 43.6 Å². The van der Waals surface area contributed by atoms with Crippen molar-refractivity contribution in [2.45, 2.75) is 13.3 Å². The molecule has 1 saturated heterocycles. The molecule has 2 rings (SSSR count). The molecule has 104 valence electrons. The van der Waals surface area contributed by atoms with Crippen LogP contribution in [0, 0.1) is 0 Å². The first-order valence-corrected chi connectivity index (χ1v) is 7.41. The lowest BCUT2D eigenvalue weighted by Gasteiger charge is -2.34. The number of benzene rings is 1. The second-order valence-electron chi connectivity index (χ2n) is 4.80. The number of hydrogen-bond acceptors (Lipinski definition) is 3. The zero-order valence-corrected chi connectivity index (χ0v) is 12.7. The normalized spacial score (nSPS) is 16.6. The average Bonchev–Trinajstić information content (AvgIpc) is 2.42. The molecule has 0 bridgehead atoms. The second-order valence-corrected chi connectivity index (χ2v) is 5.71. The van der Waals surface area contributed by atoms with Crippen molar-refractivity contribution >= 4 is 21.8 Å². The highest BCUT2D eigenvalue weighted by molar-refractivity contribution is 9.10. The molecule has 0 spiro atoms. The summed E-state index contributed by atoms with van der Waals surface area (Å²) in [6, 6.07) is 4.95. The van der Waals surface area contributed by atoms with Gasteiger partial charge in [0.15, 0.2) is 0 Å². The van der Waals surface area contributed by atoms with Crippen LogP contribution in [0.25, 0.3) is 0 Å². The number of phenols is 1. The fraction of sp³-hybridized carbons (Fsp3) is 0.500. The van der Waals surface area contributed by atoms with Crippen molar-refractivity contribution < 1.29 is 9.90 Å². The summed E-state index contributed by atoms with van der Waals surface area (Å²) < 4.78 is 0.804. The van der Waals surface area contributed by atoms with Crippen molar-refractivity contribution in [2.24, 2.45) is 0 Å². The van der Waals surface area contributed by atoms with Gasteiger partial charge in [-0.3, -0.25) is 9.69 Å². The topological polar surface area (TPSA) is 43.8 Å². The molecule has 4 nitrogen and oxygen atoms in total. The van der Waals surface area contributed by atoms with E-state index in [1.807, 2.05) is 4.90 Å². The monoisotopic (exact) mass is 326 g/mol. The van der Waals surface area contributed by atoms with E-state index in [4.69, 9.17) is 0 Å². The van der Waals surface area contributed by atoms with E-state index in [1.54, 1.807) is 18.2 Å². The van der Waals surface area contributed by atoms with E-state index < -0.39 is 0 Å². The van der Waals surface area contributed by atoms with Gasteiger partial charge in [-0.05, 0) is 31.2 Å². The van der Waals surface area contributed by atoms with Crippen LogP contribution in [0.1, 0.15) is 23.7 Å². The Morgan fingerprint density at radius 3 is 2.63 bits per heavy atom. The van der Waals surface area contributed by atoms with Gasteiger partial charge in [-0.2, -0.15) is 0 Å². The van der Waals surface area contributed by atoms with Gasteiger partial charge in [0.05, 0.1) is 5.56 Å². The lowest BCUT2D eigenvalue weighted by Crippen LogP contribution is -2.48. The first-order valence-electron chi connectivity index (χ1n) is 6.62. The van der Waals surface area contributed by atoms with Gasteiger partial charge < -0.3 is 10.0 Å². The summed E-state index contributed by atoms with van der Waals surface area (Å²) >= 11 is 3.33. The van der Waals surface area contributed by atoms with Crippen LogP contribution in [-0.4, -0.2) is 53.5 Å². The Kier molecular flexibility index (Phi) is 4.82. The SMILES string of the molecule is CCCN1CCN(C(=O)c2cc(Br)ccc2O)CC1.